The molecule has 28 heavy (non-hydrogen) atoms. The lowest BCUT2D eigenvalue weighted by atomic mass is 9.98. The highest BCUT2D eigenvalue weighted by atomic mass is 32.2. The summed E-state index contributed by atoms with van der Waals surface area (Å²) >= 11 is 0. The van der Waals surface area contributed by atoms with E-state index >= 15 is 0 Å². The van der Waals surface area contributed by atoms with Crippen LogP contribution < -0.4 is 15.4 Å². The number of nitrogens with zero attached hydrogens (tertiary/aromatic N) is 3. The molecule has 0 unspecified atom stereocenters. The van der Waals surface area contributed by atoms with Gasteiger partial charge >= 0.3 is 15.5 Å². The number of pyridine rings is 1. The van der Waals surface area contributed by atoms with E-state index in [1.807, 2.05) is 0 Å². The molecule has 2 heterocycles. The van der Waals surface area contributed by atoms with Gasteiger partial charge in [-0.2, -0.15) is 17.5 Å². The molecule has 1 aromatic heterocycles. The van der Waals surface area contributed by atoms with Crippen molar-refractivity contribution >= 4 is 16.0 Å². The molecule has 158 valence electrons. The fraction of sp³-hybridized carbons (Fsp3) is 0.625. The normalized spacial score (nSPS) is 17.4. The molecule has 1 fully saturated rings. The Balaban J connectivity index is 1.67. The quantitative estimate of drug-likeness (QED) is 0.389. The van der Waals surface area contributed by atoms with Gasteiger partial charge in [0, 0.05) is 32.9 Å². The van der Waals surface area contributed by atoms with Crippen LogP contribution in [0.5, 0.6) is 5.75 Å². The van der Waals surface area contributed by atoms with Gasteiger partial charge < -0.3 is 15.4 Å². The first-order valence-electron chi connectivity index (χ1n) is 8.78. The summed E-state index contributed by atoms with van der Waals surface area (Å²) in [6.45, 7) is 1.11. The van der Waals surface area contributed by atoms with Crippen molar-refractivity contribution < 1.29 is 26.3 Å². The predicted molar refractivity (Wildman–Crippen MR) is 98.4 cm³/mol. The lowest BCUT2D eigenvalue weighted by Crippen LogP contribution is -2.47. The van der Waals surface area contributed by atoms with E-state index in [-0.39, 0.29) is 19.0 Å². The van der Waals surface area contributed by atoms with Crippen LogP contribution in [0.1, 0.15) is 12.8 Å². The van der Waals surface area contributed by atoms with Crippen molar-refractivity contribution in [3.8, 4) is 5.75 Å². The van der Waals surface area contributed by atoms with Gasteiger partial charge in [0.1, 0.15) is 12.4 Å². The minimum Gasteiger partial charge on any atom is -0.490 e. The van der Waals surface area contributed by atoms with E-state index in [0.717, 1.165) is 0 Å². The van der Waals surface area contributed by atoms with Crippen molar-refractivity contribution in [1.82, 2.24) is 19.9 Å². The summed E-state index contributed by atoms with van der Waals surface area (Å²) < 4.78 is 66.6. The van der Waals surface area contributed by atoms with Crippen molar-refractivity contribution in [2.24, 2.45) is 10.9 Å². The van der Waals surface area contributed by atoms with E-state index in [2.05, 4.69) is 20.6 Å². The molecule has 1 aromatic rings. The number of halogens is 3. The highest BCUT2D eigenvalue weighted by Crippen LogP contribution is 2.30. The molecular formula is C16H24F3N5O3S. The molecule has 1 aliphatic rings. The number of ether oxygens (including phenoxy) is 1. The molecule has 12 heteroatoms. The van der Waals surface area contributed by atoms with E-state index in [4.69, 9.17) is 4.74 Å². The third-order valence-corrected chi connectivity index (χ3v) is 5.92. The molecule has 0 atom stereocenters. The van der Waals surface area contributed by atoms with Gasteiger partial charge in [-0.15, -0.1) is 0 Å². The highest BCUT2D eigenvalue weighted by Gasteiger charge is 2.50. The first-order chi connectivity index (χ1) is 13.2. The lowest BCUT2D eigenvalue weighted by Gasteiger charge is -2.31. The zero-order valence-corrected chi connectivity index (χ0v) is 16.3. The van der Waals surface area contributed by atoms with Gasteiger partial charge in [-0.1, -0.05) is 0 Å². The summed E-state index contributed by atoms with van der Waals surface area (Å²) in [6, 6.07) is 3.57. The van der Waals surface area contributed by atoms with Gasteiger partial charge in [0.15, 0.2) is 5.96 Å². The van der Waals surface area contributed by atoms with E-state index in [9.17, 15) is 21.6 Å². The summed E-state index contributed by atoms with van der Waals surface area (Å²) in [6.07, 6.45) is 3.96. The fourth-order valence-corrected chi connectivity index (χ4v) is 3.72. The number of aromatic nitrogens is 1. The summed E-state index contributed by atoms with van der Waals surface area (Å²) in [5.74, 6) is 1.26. The Kier molecular flexibility index (Phi) is 7.87. The Morgan fingerprint density at radius 2 is 2.07 bits per heavy atom. The maximum absolute atomic E-state index is 12.6. The van der Waals surface area contributed by atoms with Gasteiger partial charge in [0.2, 0.25) is 0 Å². The molecule has 0 aromatic carbocycles. The number of alkyl halides is 3. The molecule has 1 aliphatic heterocycles. The lowest BCUT2D eigenvalue weighted by molar-refractivity contribution is -0.0496. The Morgan fingerprint density at radius 1 is 1.36 bits per heavy atom. The largest absolute Gasteiger partial charge is 0.511 e. The maximum Gasteiger partial charge on any atom is 0.511 e. The third kappa shape index (κ3) is 6.23. The van der Waals surface area contributed by atoms with E-state index in [1.54, 1.807) is 31.6 Å². The van der Waals surface area contributed by atoms with Crippen molar-refractivity contribution in [1.29, 1.82) is 0 Å². The van der Waals surface area contributed by atoms with Crippen molar-refractivity contribution in [3.63, 3.8) is 0 Å². The molecule has 2 N–H and O–H groups in total. The topological polar surface area (TPSA) is 95.9 Å². The number of aliphatic imine (C=N–C) groups is 1. The third-order valence-electron chi connectivity index (χ3n) is 4.29. The maximum atomic E-state index is 12.6. The average molecular weight is 423 g/mol. The molecule has 0 saturated carbocycles. The second kappa shape index (κ2) is 9.92. The van der Waals surface area contributed by atoms with E-state index in [1.165, 1.54) is 0 Å². The van der Waals surface area contributed by atoms with Gasteiger partial charge in [-0.25, -0.2) is 8.42 Å². The second-order valence-corrected chi connectivity index (χ2v) is 8.14. The van der Waals surface area contributed by atoms with Crippen LogP contribution in [-0.4, -0.2) is 69.0 Å². The Hall–Kier alpha value is -2.08. The number of sulfonamides is 1. The average Bonchev–Trinajstić information content (AvgIpc) is 2.67. The second-order valence-electron chi connectivity index (χ2n) is 6.21. The molecule has 2 rings (SSSR count). The minimum atomic E-state index is -5.25. The number of nitrogens with one attached hydrogen (secondary N) is 2. The van der Waals surface area contributed by atoms with E-state index < -0.39 is 15.5 Å². The van der Waals surface area contributed by atoms with Gasteiger partial charge in [-0.3, -0.25) is 9.98 Å². The number of hydrogen-bond donors (Lipinski definition) is 2. The summed E-state index contributed by atoms with van der Waals surface area (Å²) in [5, 5.41) is 6.17. The Bertz CT molecular complexity index is 736. The molecule has 0 spiro atoms. The number of hydrogen-bond acceptors (Lipinski definition) is 5. The fourth-order valence-electron chi connectivity index (χ4n) is 2.73. The van der Waals surface area contributed by atoms with Crippen LogP contribution in [0.2, 0.25) is 0 Å². The van der Waals surface area contributed by atoms with Crippen LogP contribution in [0.4, 0.5) is 13.2 Å². The molecular weight excluding hydrogens is 399 g/mol. The number of rotatable bonds is 7. The van der Waals surface area contributed by atoms with Gasteiger partial charge in [-0.05, 0) is 30.9 Å². The van der Waals surface area contributed by atoms with E-state index in [0.29, 0.717) is 48.6 Å². The molecule has 0 amide bonds. The smallest absolute Gasteiger partial charge is 0.490 e. The van der Waals surface area contributed by atoms with Crippen LogP contribution in [0.25, 0.3) is 0 Å². The minimum absolute atomic E-state index is 0.0601. The number of guanidine groups is 1. The summed E-state index contributed by atoms with van der Waals surface area (Å²) in [4.78, 5) is 8.02. The summed E-state index contributed by atoms with van der Waals surface area (Å²) in [7, 11) is -3.63. The monoisotopic (exact) mass is 423 g/mol. The van der Waals surface area contributed by atoms with Crippen molar-refractivity contribution in [2.75, 3.05) is 39.8 Å². The van der Waals surface area contributed by atoms with Crippen LogP contribution in [0, 0.1) is 5.92 Å². The van der Waals surface area contributed by atoms with Crippen molar-refractivity contribution in [2.45, 2.75) is 18.3 Å². The molecule has 8 nitrogen and oxygen atoms in total. The van der Waals surface area contributed by atoms with Crippen molar-refractivity contribution in [3.05, 3.63) is 24.5 Å². The van der Waals surface area contributed by atoms with Crippen LogP contribution >= 0.6 is 0 Å². The van der Waals surface area contributed by atoms with Crippen LogP contribution in [0.3, 0.4) is 0 Å². The molecule has 0 aliphatic carbocycles. The van der Waals surface area contributed by atoms with Crippen LogP contribution in [0.15, 0.2) is 29.5 Å². The van der Waals surface area contributed by atoms with Gasteiger partial charge in [0.05, 0.1) is 12.7 Å². The standard InChI is InChI=1S/C16H24F3N5O3S/c1-20-15(22-7-10-27-14-3-2-6-21-12-14)23-11-13-4-8-24(9-5-13)28(25,26)16(17,18)19/h2-3,6,12-13H,4-5,7-11H2,1H3,(H2,20,22,23). The predicted octanol–water partition coefficient (Wildman–Crippen LogP) is 1.19. The molecule has 0 bridgehead atoms. The molecule has 0 radical (unpaired) electrons. The SMILES string of the molecule is CN=C(NCCOc1cccnc1)NCC1CCN(S(=O)(=O)C(F)(F)F)CC1. The highest BCUT2D eigenvalue weighted by molar-refractivity contribution is 7.90. The van der Waals surface area contributed by atoms with Gasteiger partial charge in [0.25, 0.3) is 0 Å². The van der Waals surface area contributed by atoms with Crippen LogP contribution in [-0.2, 0) is 10.0 Å². The summed E-state index contributed by atoms with van der Waals surface area (Å²) in [5.41, 5.74) is -5.25. The molecule has 1 saturated heterocycles. The number of piperidine rings is 1. The first kappa shape index (κ1) is 22.2. The first-order valence-corrected chi connectivity index (χ1v) is 10.2. The Labute approximate surface area is 162 Å². The zero-order valence-electron chi connectivity index (χ0n) is 15.4. The zero-order chi connectivity index (χ0) is 20.6. The Morgan fingerprint density at radius 3 is 2.64 bits per heavy atom.